The van der Waals surface area contributed by atoms with Crippen LogP contribution >= 0.6 is 15.9 Å². The zero-order chi connectivity index (χ0) is 15.0. The average Bonchev–Trinajstić information content (AvgIpc) is 2.82. The quantitative estimate of drug-likeness (QED) is 0.732. The van der Waals surface area contributed by atoms with Gasteiger partial charge in [-0.05, 0) is 24.3 Å². The van der Waals surface area contributed by atoms with Crippen LogP contribution in [0.5, 0.6) is 0 Å². The van der Waals surface area contributed by atoms with Crippen molar-refractivity contribution < 1.29 is 13.3 Å². The second-order valence-electron chi connectivity index (χ2n) is 4.40. The van der Waals surface area contributed by atoms with Crippen LogP contribution in [-0.4, -0.2) is 5.16 Å². The molecule has 0 saturated carbocycles. The normalized spacial score (nSPS) is 10.8. The number of hydrogen-bond donors (Lipinski definition) is 1. The average molecular weight is 351 g/mol. The van der Waals surface area contributed by atoms with Gasteiger partial charge in [0.15, 0.2) is 0 Å². The molecule has 0 amide bonds. The SMILES string of the molecule is Nc1onc(-c2ccc(Br)cc2)c1-c1ccc(F)cc1F. The first-order chi connectivity index (χ1) is 10.1. The monoisotopic (exact) mass is 350 g/mol. The van der Waals surface area contributed by atoms with Gasteiger partial charge in [-0.25, -0.2) is 8.78 Å². The molecular formula is C15H9BrF2N2O. The van der Waals surface area contributed by atoms with Crippen molar-refractivity contribution in [3.05, 3.63) is 58.6 Å². The van der Waals surface area contributed by atoms with Crippen LogP contribution in [0.25, 0.3) is 22.4 Å². The molecule has 0 aliphatic carbocycles. The summed E-state index contributed by atoms with van der Waals surface area (Å²) in [6.45, 7) is 0. The lowest BCUT2D eigenvalue weighted by Gasteiger charge is -2.04. The summed E-state index contributed by atoms with van der Waals surface area (Å²) in [5, 5.41) is 3.88. The van der Waals surface area contributed by atoms with Gasteiger partial charge in [-0.1, -0.05) is 33.2 Å². The predicted octanol–water partition coefficient (Wildman–Crippen LogP) is 4.63. The minimum absolute atomic E-state index is 0.0153. The van der Waals surface area contributed by atoms with Crippen molar-refractivity contribution in [2.45, 2.75) is 0 Å². The molecule has 21 heavy (non-hydrogen) atoms. The smallest absolute Gasteiger partial charge is 0.230 e. The van der Waals surface area contributed by atoms with Gasteiger partial charge in [0.05, 0.1) is 5.56 Å². The molecule has 3 aromatic rings. The number of nitrogens with two attached hydrogens (primary N) is 1. The first-order valence-electron chi connectivity index (χ1n) is 6.03. The van der Waals surface area contributed by atoms with E-state index in [0.29, 0.717) is 11.3 Å². The molecule has 3 nitrogen and oxygen atoms in total. The van der Waals surface area contributed by atoms with Crippen LogP contribution < -0.4 is 5.73 Å². The summed E-state index contributed by atoms with van der Waals surface area (Å²) in [6.07, 6.45) is 0. The molecule has 2 aromatic carbocycles. The highest BCUT2D eigenvalue weighted by atomic mass is 79.9. The Kier molecular flexibility index (Phi) is 3.47. The maximum Gasteiger partial charge on any atom is 0.230 e. The molecule has 0 atom stereocenters. The molecule has 3 rings (SSSR count). The summed E-state index contributed by atoms with van der Waals surface area (Å²) < 4.78 is 32.9. The molecule has 6 heteroatoms. The number of nitrogen functional groups attached to an aromatic ring is 1. The predicted molar refractivity (Wildman–Crippen MR) is 79.4 cm³/mol. The molecule has 0 bridgehead atoms. The Morgan fingerprint density at radius 3 is 2.43 bits per heavy atom. The van der Waals surface area contributed by atoms with Gasteiger partial charge in [0, 0.05) is 21.7 Å². The number of anilines is 1. The van der Waals surface area contributed by atoms with E-state index in [1.807, 2.05) is 12.1 Å². The summed E-state index contributed by atoms with van der Waals surface area (Å²) in [6, 6.07) is 10.5. The molecule has 0 unspecified atom stereocenters. The minimum Gasteiger partial charge on any atom is -0.367 e. The van der Waals surface area contributed by atoms with E-state index in [-0.39, 0.29) is 11.4 Å². The first-order valence-corrected chi connectivity index (χ1v) is 6.82. The number of nitrogens with zero attached hydrogens (tertiary/aromatic N) is 1. The Morgan fingerprint density at radius 1 is 1.05 bits per heavy atom. The molecular weight excluding hydrogens is 342 g/mol. The largest absolute Gasteiger partial charge is 0.367 e. The Hall–Kier alpha value is -2.21. The first kappa shape index (κ1) is 13.8. The van der Waals surface area contributed by atoms with Crippen molar-refractivity contribution in [3.63, 3.8) is 0 Å². The van der Waals surface area contributed by atoms with Crippen molar-refractivity contribution in [1.29, 1.82) is 0 Å². The molecule has 0 spiro atoms. The number of hydrogen-bond acceptors (Lipinski definition) is 3. The second kappa shape index (κ2) is 5.29. The van der Waals surface area contributed by atoms with Gasteiger partial charge >= 0.3 is 0 Å². The fraction of sp³-hybridized carbons (Fsp3) is 0. The standard InChI is InChI=1S/C15H9BrF2N2O/c16-9-3-1-8(2-4-9)14-13(15(19)21-20-14)11-6-5-10(17)7-12(11)18/h1-7H,19H2. The van der Waals surface area contributed by atoms with Gasteiger partial charge in [-0.2, -0.15) is 0 Å². The topological polar surface area (TPSA) is 52.0 Å². The fourth-order valence-electron chi connectivity index (χ4n) is 2.06. The maximum absolute atomic E-state index is 14.0. The summed E-state index contributed by atoms with van der Waals surface area (Å²) in [5.74, 6) is -1.39. The molecule has 1 heterocycles. The second-order valence-corrected chi connectivity index (χ2v) is 5.32. The summed E-state index contributed by atoms with van der Waals surface area (Å²) in [7, 11) is 0. The lowest BCUT2D eigenvalue weighted by molar-refractivity contribution is 0.439. The number of rotatable bonds is 2. The van der Waals surface area contributed by atoms with Crippen LogP contribution in [0.2, 0.25) is 0 Å². The summed E-state index contributed by atoms with van der Waals surface area (Å²) in [4.78, 5) is 0. The van der Waals surface area contributed by atoms with Crippen molar-refractivity contribution in [1.82, 2.24) is 5.16 Å². The van der Waals surface area contributed by atoms with Crippen molar-refractivity contribution >= 4 is 21.8 Å². The highest BCUT2D eigenvalue weighted by molar-refractivity contribution is 9.10. The Bertz CT molecular complexity index is 800. The molecule has 0 aliphatic rings. The van der Waals surface area contributed by atoms with Gasteiger partial charge in [-0.3, -0.25) is 0 Å². The van der Waals surface area contributed by atoms with Crippen LogP contribution in [0.15, 0.2) is 51.5 Å². The highest BCUT2D eigenvalue weighted by Gasteiger charge is 2.20. The highest BCUT2D eigenvalue weighted by Crippen LogP contribution is 2.37. The molecule has 0 saturated heterocycles. The van der Waals surface area contributed by atoms with Crippen molar-refractivity contribution in [2.75, 3.05) is 5.73 Å². The Morgan fingerprint density at radius 2 is 1.76 bits per heavy atom. The minimum atomic E-state index is -0.719. The number of aromatic nitrogens is 1. The van der Waals surface area contributed by atoms with Crippen LogP contribution in [0.4, 0.5) is 14.7 Å². The van der Waals surface area contributed by atoms with E-state index in [9.17, 15) is 8.78 Å². The fourth-order valence-corrected chi connectivity index (χ4v) is 2.32. The Labute approximate surface area is 127 Å². The van der Waals surface area contributed by atoms with Gasteiger partial charge < -0.3 is 10.3 Å². The molecule has 1 aromatic heterocycles. The van der Waals surface area contributed by atoms with E-state index in [1.165, 1.54) is 6.07 Å². The van der Waals surface area contributed by atoms with E-state index < -0.39 is 11.6 Å². The summed E-state index contributed by atoms with van der Waals surface area (Å²) in [5.41, 5.74) is 7.34. The third kappa shape index (κ3) is 2.54. The maximum atomic E-state index is 14.0. The molecule has 106 valence electrons. The van der Waals surface area contributed by atoms with Crippen molar-refractivity contribution in [3.8, 4) is 22.4 Å². The zero-order valence-corrected chi connectivity index (χ0v) is 12.2. The van der Waals surface area contributed by atoms with E-state index >= 15 is 0 Å². The summed E-state index contributed by atoms with van der Waals surface area (Å²) >= 11 is 3.34. The molecule has 0 radical (unpaired) electrons. The van der Waals surface area contributed by atoms with Gasteiger partial charge in [0.25, 0.3) is 0 Å². The molecule has 0 fully saturated rings. The zero-order valence-electron chi connectivity index (χ0n) is 10.6. The third-order valence-electron chi connectivity index (χ3n) is 3.04. The van der Waals surface area contributed by atoms with E-state index in [0.717, 1.165) is 22.2 Å². The van der Waals surface area contributed by atoms with Crippen LogP contribution in [0.1, 0.15) is 0 Å². The molecule has 2 N–H and O–H groups in total. The number of benzene rings is 2. The van der Waals surface area contributed by atoms with E-state index in [2.05, 4.69) is 21.1 Å². The lowest BCUT2D eigenvalue weighted by atomic mass is 10.0. The van der Waals surface area contributed by atoms with Crippen LogP contribution in [0, 0.1) is 11.6 Å². The van der Waals surface area contributed by atoms with Gasteiger partial charge in [0.1, 0.15) is 17.3 Å². The van der Waals surface area contributed by atoms with Crippen LogP contribution in [0.3, 0.4) is 0 Å². The van der Waals surface area contributed by atoms with Crippen molar-refractivity contribution in [2.24, 2.45) is 0 Å². The van der Waals surface area contributed by atoms with E-state index in [1.54, 1.807) is 12.1 Å². The third-order valence-corrected chi connectivity index (χ3v) is 3.57. The number of halogens is 3. The van der Waals surface area contributed by atoms with Crippen LogP contribution in [-0.2, 0) is 0 Å². The Balaban J connectivity index is 2.19. The lowest BCUT2D eigenvalue weighted by Crippen LogP contribution is -1.92. The molecule has 0 aliphatic heterocycles. The van der Waals surface area contributed by atoms with E-state index in [4.69, 9.17) is 10.3 Å². The van der Waals surface area contributed by atoms with Gasteiger partial charge in [-0.15, -0.1) is 0 Å². The van der Waals surface area contributed by atoms with Gasteiger partial charge in [0.2, 0.25) is 5.88 Å².